The van der Waals surface area contributed by atoms with Gasteiger partial charge in [0.05, 0.1) is 20.3 Å². The van der Waals surface area contributed by atoms with Gasteiger partial charge in [-0.3, -0.25) is 0 Å². The summed E-state index contributed by atoms with van der Waals surface area (Å²) in [6.45, 7) is 0.983. The summed E-state index contributed by atoms with van der Waals surface area (Å²) in [5, 5.41) is 2.68. The van der Waals surface area contributed by atoms with Crippen LogP contribution in [0.3, 0.4) is 0 Å². The first-order valence-corrected chi connectivity index (χ1v) is 6.73. The quantitative estimate of drug-likeness (QED) is 0.938. The maximum Gasteiger partial charge on any atom is 0.406 e. The number of benzene rings is 1. The van der Waals surface area contributed by atoms with E-state index < -0.39 is 6.09 Å². The number of aromatic nitrogens is 1. The molecular formula is C15H16N2O4. The first-order chi connectivity index (χ1) is 10.3. The lowest BCUT2D eigenvalue weighted by molar-refractivity contribution is 0.0421. The van der Waals surface area contributed by atoms with Crippen molar-refractivity contribution in [3.05, 3.63) is 42.0 Å². The van der Waals surface area contributed by atoms with E-state index >= 15 is 0 Å². The Hall–Kier alpha value is -2.34. The van der Waals surface area contributed by atoms with Crippen LogP contribution in [-0.2, 0) is 15.9 Å². The van der Waals surface area contributed by atoms with Gasteiger partial charge in [-0.2, -0.15) is 0 Å². The van der Waals surface area contributed by atoms with Gasteiger partial charge in [-0.25, -0.2) is 9.78 Å². The standard InChI is InChI=1S/C15H16N2O4/c1-19-15(18)16-7-14-12-4-2-3-11(10(12)5-6-21-14)13-8-20-9-17-13/h2-4,8-9,14H,5-7H2,1H3,(H,16,18). The topological polar surface area (TPSA) is 73.6 Å². The average Bonchev–Trinajstić information content (AvgIpc) is 3.06. The molecule has 1 amide bonds. The number of hydrogen-bond donors (Lipinski definition) is 1. The van der Waals surface area contributed by atoms with Crippen LogP contribution in [0.2, 0.25) is 0 Å². The molecule has 0 saturated heterocycles. The van der Waals surface area contributed by atoms with Crippen LogP contribution >= 0.6 is 0 Å². The van der Waals surface area contributed by atoms with Crippen LogP contribution in [0.25, 0.3) is 11.3 Å². The third-order valence-corrected chi connectivity index (χ3v) is 3.56. The lowest BCUT2D eigenvalue weighted by Crippen LogP contribution is -2.31. The van der Waals surface area contributed by atoms with Crippen LogP contribution in [0.5, 0.6) is 0 Å². The predicted octanol–water partition coefficient (Wildman–Crippen LogP) is 2.31. The summed E-state index contributed by atoms with van der Waals surface area (Å²) in [4.78, 5) is 15.4. The number of fused-ring (bicyclic) bond motifs is 1. The molecule has 21 heavy (non-hydrogen) atoms. The van der Waals surface area contributed by atoms with Gasteiger partial charge in [0.2, 0.25) is 0 Å². The highest BCUT2D eigenvalue weighted by Gasteiger charge is 2.24. The number of nitrogens with zero attached hydrogens (tertiary/aromatic N) is 1. The third kappa shape index (κ3) is 2.75. The fourth-order valence-corrected chi connectivity index (χ4v) is 2.58. The monoisotopic (exact) mass is 288 g/mol. The van der Waals surface area contributed by atoms with E-state index in [2.05, 4.69) is 15.0 Å². The molecule has 0 saturated carbocycles. The highest BCUT2D eigenvalue weighted by atomic mass is 16.5. The Balaban J connectivity index is 1.88. The van der Waals surface area contributed by atoms with Gasteiger partial charge in [-0.05, 0) is 17.5 Å². The molecule has 1 aromatic heterocycles. The number of ether oxygens (including phenoxy) is 2. The zero-order valence-electron chi connectivity index (χ0n) is 11.7. The molecule has 1 unspecified atom stereocenters. The van der Waals surface area contributed by atoms with Crippen molar-refractivity contribution >= 4 is 6.09 Å². The van der Waals surface area contributed by atoms with E-state index in [-0.39, 0.29) is 6.10 Å². The molecule has 6 heteroatoms. The second kappa shape index (κ2) is 5.97. The van der Waals surface area contributed by atoms with Crippen LogP contribution in [-0.4, -0.2) is 31.3 Å². The van der Waals surface area contributed by atoms with Gasteiger partial charge in [0, 0.05) is 5.56 Å². The van der Waals surface area contributed by atoms with Crippen molar-refractivity contribution in [3.63, 3.8) is 0 Å². The maximum atomic E-state index is 11.2. The summed E-state index contributed by atoms with van der Waals surface area (Å²) >= 11 is 0. The van der Waals surface area contributed by atoms with E-state index in [0.29, 0.717) is 13.2 Å². The van der Waals surface area contributed by atoms with Gasteiger partial charge in [0.1, 0.15) is 18.1 Å². The minimum absolute atomic E-state index is 0.181. The van der Waals surface area contributed by atoms with Crippen molar-refractivity contribution in [1.82, 2.24) is 10.3 Å². The molecule has 1 aliphatic rings. The van der Waals surface area contributed by atoms with Gasteiger partial charge in [0.25, 0.3) is 0 Å². The minimum atomic E-state index is -0.460. The zero-order valence-corrected chi connectivity index (χ0v) is 11.7. The molecule has 1 atom stereocenters. The second-order valence-electron chi connectivity index (χ2n) is 4.73. The normalized spacial score (nSPS) is 17.1. The number of methoxy groups -OCH3 is 1. The Morgan fingerprint density at radius 1 is 1.52 bits per heavy atom. The van der Waals surface area contributed by atoms with Crippen molar-refractivity contribution in [2.24, 2.45) is 0 Å². The molecule has 1 N–H and O–H groups in total. The summed E-state index contributed by atoms with van der Waals surface area (Å²) in [6, 6.07) is 6.00. The number of alkyl carbamates (subject to hydrolysis) is 1. The van der Waals surface area contributed by atoms with E-state index in [4.69, 9.17) is 9.15 Å². The SMILES string of the molecule is COC(=O)NCC1OCCc2c(-c3cocn3)cccc21. The first kappa shape index (κ1) is 13.6. The van der Waals surface area contributed by atoms with Crippen molar-refractivity contribution in [3.8, 4) is 11.3 Å². The van der Waals surface area contributed by atoms with E-state index in [1.165, 1.54) is 19.1 Å². The van der Waals surface area contributed by atoms with Crippen molar-refractivity contribution < 1.29 is 18.7 Å². The lowest BCUT2D eigenvalue weighted by Gasteiger charge is -2.27. The Morgan fingerprint density at radius 2 is 2.43 bits per heavy atom. The number of hydrogen-bond acceptors (Lipinski definition) is 5. The van der Waals surface area contributed by atoms with Gasteiger partial charge in [-0.1, -0.05) is 18.2 Å². The Bertz CT molecular complexity index is 625. The molecule has 1 aromatic carbocycles. The van der Waals surface area contributed by atoms with E-state index in [0.717, 1.165) is 23.2 Å². The molecule has 0 bridgehead atoms. The highest BCUT2D eigenvalue weighted by molar-refractivity contribution is 5.67. The molecule has 110 valence electrons. The van der Waals surface area contributed by atoms with Gasteiger partial charge in [0.15, 0.2) is 6.39 Å². The summed E-state index contributed by atoms with van der Waals surface area (Å²) in [5.74, 6) is 0. The Morgan fingerprint density at radius 3 is 3.19 bits per heavy atom. The molecule has 3 rings (SSSR count). The smallest absolute Gasteiger partial charge is 0.406 e. The van der Waals surface area contributed by atoms with E-state index in [1.54, 1.807) is 6.26 Å². The fraction of sp³-hybridized carbons (Fsp3) is 0.333. The van der Waals surface area contributed by atoms with Gasteiger partial charge < -0.3 is 19.2 Å². The van der Waals surface area contributed by atoms with E-state index in [1.807, 2.05) is 18.2 Å². The molecule has 0 aliphatic carbocycles. The molecule has 6 nitrogen and oxygen atoms in total. The molecule has 0 fully saturated rings. The van der Waals surface area contributed by atoms with Gasteiger partial charge in [-0.15, -0.1) is 0 Å². The number of rotatable bonds is 3. The average molecular weight is 288 g/mol. The molecule has 0 spiro atoms. The van der Waals surface area contributed by atoms with Crippen molar-refractivity contribution in [2.45, 2.75) is 12.5 Å². The van der Waals surface area contributed by atoms with Crippen LogP contribution in [0, 0.1) is 0 Å². The molecular weight excluding hydrogens is 272 g/mol. The fourth-order valence-electron chi connectivity index (χ4n) is 2.58. The molecule has 1 aliphatic heterocycles. The summed E-state index contributed by atoms with van der Waals surface area (Å²) in [5.41, 5.74) is 4.12. The van der Waals surface area contributed by atoms with Gasteiger partial charge >= 0.3 is 6.09 Å². The molecule has 2 heterocycles. The summed E-state index contributed by atoms with van der Waals surface area (Å²) < 4.78 is 15.4. The van der Waals surface area contributed by atoms with Crippen molar-refractivity contribution in [1.29, 1.82) is 0 Å². The van der Waals surface area contributed by atoms with E-state index in [9.17, 15) is 4.79 Å². The summed E-state index contributed by atoms with van der Waals surface area (Å²) in [7, 11) is 1.34. The molecule has 2 aromatic rings. The number of amides is 1. The largest absolute Gasteiger partial charge is 0.453 e. The van der Waals surface area contributed by atoms with Crippen LogP contribution in [0.4, 0.5) is 4.79 Å². The zero-order chi connectivity index (χ0) is 14.7. The van der Waals surface area contributed by atoms with Crippen molar-refractivity contribution in [2.75, 3.05) is 20.3 Å². The lowest BCUT2D eigenvalue weighted by atomic mass is 9.91. The number of carbonyl (C=O) groups excluding carboxylic acids is 1. The first-order valence-electron chi connectivity index (χ1n) is 6.73. The number of oxazole rings is 1. The maximum absolute atomic E-state index is 11.2. The van der Waals surface area contributed by atoms with Crippen LogP contribution in [0.1, 0.15) is 17.2 Å². The molecule has 0 radical (unpaired) electrons. The number of nitrogens with one attached hydrogen (secondary N) is 1. The number of carbonyl (C=O) groups is 1. The summed E-state index contributed by atoms with van der Waals surface area (Å²) in [6.07, 6.45) is 3.22. The Kier molecular flexibility index (Phi) is 3.87. The van der Waals surface area contributed by atoms with Crippen LogP contribution < -0.4 is 5.32 Å². The van der Waals surface area contributed by atoms with Crippen LogP contribution in [0.15, 0.2) is 35.3 Å². The Labute approximate surface area is 122 Å². The third-order valence-electron chi connectivity index (χ3n) is 3.56. The highest BCUT2D eigenvalue weighted by Crippen LogP contribution is 2.33. The second-order valence-corrected chi connectivity index (χ2v) is 4.73. The predicted molar refractivity (Wildman–Crippen MR) is 74.7 cm³/mol. The minimum Gasteiger partial charge on any atom is -0.453 e.